The van der Waals surface area contributed by atoms with E-state index >= 15 is 0 Å². The topological polar surface area (TPSA) is 92.5 Å². The minimum atomic E-state index is -1.18. The lowest BCUT2D eigenvalue weighted by Gasteiger charge is -2.07. The SMILES string of the molecule is CCCNc1ccc([N+](=O)[O-])cc1C(=O)O. The third-order valence-corrected chi connectivity index (χ3v) is 2.01. The van der Waals surface area contributed by atoms with Crippen molar-refractivity contribution in [2.24, 2.45) is 0 Å². The normalized spacial score (nSPS) is 9.81. The fraction of sp³-hybridized carbons (Fsp3) is 0.300. The molecule has 0 bridgehead atoms. The summed E-state index contributed by atoms with van der Waals surface area (Å²) < 4.78 is 0. The van der Waals surface area contributed by atoms with Gasteiger partial charge >= 0.3 is 5.97 Å². The first-order chi connectivity index (χ1) is 7.56. The van der Waals surface area contributed by atoms with Crippen molar-refractivity contribution >= 4 is 17.3 Å². The van der Waals surface area contributed by atoms with Crippen LogP contribution in [-0.2, 0) is 0 Å². The Bertz CT molecular complexity index is 417. The van der Waals surface area contributed by atoms with E-state index in [4.69, 9.17) is 5.11 Å². The predicted octanol–water partition coefficient (Wildman–Crippen LogP) is 2.11. The maximum atomic E-state index is 10.9. The molecular weight excluding hydrogens is 212 g/mol. The van der Waals surface area contributed by atoms with Crippen LogP contribution in [0.1, 0.15) is 23.7 Å². The van der Waals surface area contributed by atoms with Gasteiger partial charge in [0.15, 0.2) is 0 Å². The van der Waals surface area contributed by atoms with Crippen LogP contribution in [-0.4, -0.2) is 22.5 Å². The molecule has 1 aromatic rings. The molecule has 0 radical (unpaired) electrons. The predicted molar refractivity (Wildman–Crippen MR) is 58.8 cm³/mol. The molecule has 0 heterocycles. The summed E-state index contributed by atoms with van der Waals surface area (Å²) in [6.45, 7) is 2.57. The molecule has 0 aliphatic heterocycles. The average Bonchev–Trinajstić information content (AvgIpc) is 2.25. The van der Waals surface area contributed by atoms with Gasteiger partial charge in [-0.2, -0.15) is 0 Å². The van der Waals surface area contributed by atoms with Crippen LogP contribution >= 0.6 is 0 Å². The number of nitrogens with zero attached hydrogens (tertiary/aromatic N) is 1. The number of carbonyl (C=O) groups is 1. The molecule has 0 aliphatic rings. The Morgan fingerprint density at radius 2 is 2.25 bits per heavy atom. The van der Waals surface area contributed by atoms with Crippen LogP contribution in [0.5, 0.6) is 0 Å². The molecule has 0 aromatic heterocycles. The maximum Gasteiger partial charge on any atom is 0.338 e. The Labute approximate surface area is 92.0 Å². The number of benzene rings is 1. The van der Waals surface area contributed by atoms with Gasteiger partial charge < -0.3 is 10.4 Å². The number of non-ortho nitro benzene ring substituents is 1. The van der Waals surface area contributed by atoms with E-state index in [1.807, 2.05) is 6.92 Å². The van der Waals surface area contributed by atoms with Gasteiger partial charge in [0.05, 0.1) is 10.5 Å². The molecule has 1 rings (SSSR count). The molecule has 0 fully saturated rings. The van der Waals surface area contributed by atoms with Gasteiger partial charge in [-0.25, -0.2) is 4.79 Å². The highest BCUT2D eigenvalue weighted by Crippen LogP contribution is 2.22. The number of carboxylic acids is 1. The summed E-state index contributed by atoms with van der Waals surface area (Å²) in [5, 5.41) is 22.3. The zero-order valence-electron chi connectivity index (χ0n) is 8.77. The standard InChI is InChI=1S/C10H12N2O4/c1-2-5-11-9-4-3-7(12(15)16)6-8(9)10(13)14/h3-4,6,11H,2,5H2,1H3,(H,13,14). The minimum Gasteiger partial charge on any atom is -0.478 e. The van der Waals surface area contributed by atoms with Gasteiger partial charge in [0.2, 0.25) is 0 Å². The summed E-state index contributed by atoms with van der Waals surface area (Å²) in [6, 6.07) is 3.75. The van der Waals surface area contributed by atoms with Gasteiger partial charge in [0, 0.05) is 24.4 Å². The van der Waals surface area contributed by atoms with Crippen molar-refractivity contribution in [1.29, 1.82) is 0 Å². The van der Waals surface area contributed by atoms with Crippen molar-refractivity contribution < 1.29 is 14.8 Å². The van der Waals surface area contributed by atoms with E-state index in [-0.39, 0.29) is 11.3 Å². The number of carboxylic acid groups (broad SMARTS) is 1. The number of anilines is 1. The Kier molecular flexibility index (Phi) is 3.82. The van der Waals surface area contributed by atoms with Crippen LogP contribution in [0, 0.1) is 10.1 Å². The quantitative estimate of drug-likeness (QED) is 0.590. The molecule has 6 nitrogen and oxygen atoms in total. The molecule has 0 aliphatic carbocycles. The molecule has 0 unspecified atom stereocenters. The zero-order valence-corrected chi connectivity index (χ0v) is 8.77. The van der Waals surface area contributed by atoms with Crippen molar-refractivity contribution in [1.82, 2.24) is 0 Å². The Hall–Kier alpha value is -2.11. The highest BCUT2D eigenvalue weighted by Gasteiger charge is 2.15. The summed E-state index contributed by atoms with van der Waals surface area (Å²) in [5.41, 5.74) is 0.0991. The van der Waals surface area contributed by atoms with Crippen LogP contribution in [0.3, 0.4) is 0 Å². The van der Waals surface area contributed by atoms with Gasteiger partial charge in [-0.3, -0.25) is 10.1 Å². The smallest absolute Gasteiger partial charge is 0.338 e. The number of rotatable bonds is 5. The number of hydrogen-bond acceptors (Lipinski definition) is 4. The van der Waals surface area contributed by atoms with Crippen molar-refractivity contribution in [3.63, 3.8) is 0 Å². The van der Waals surface area contributed by atoms with E-state index in [2.05, 4.69) is 5.32 Å². The highest BCUT2D eigenvalue weighted by molar-refractivity contribution is 5.95. The molecule has 0 saturated heterocycles. The summed E-state index contributed by atoms with van der Waals surface area (Å²) in [6.07, 6.45) is 0.843. The van der Waals surface area contributed by atoms with E-state index < -0.39 is 10.9 Å². The molecule has 2 N–H and O–H groups in total. The van der Waals surface area contributed by atoms with Gasteiger partial charge in [0.1, 0.15) is 0 Å². The fourth-order valence-corrected chi connectivity index (χ4v) is 1.24. The molecule has 16 heavy (non-hydrogen) atoms. The molecule has 86 valence electrons. The molecule has 0 atom stereocenters. The Morgan fingerprint density at radius 3 is 2.75 bits per heavy atom. The lowest BCUT2D eigenvalue weighted by Crippen LogP contribution is -2.07. The van der Waals surface area contributed by atoms with Gasteiger partial charge in [-0.15, -0.1) is 0 Å². The fourth-order valence-electron chi connectivity index (χ4n) is 1.24. The van der Waals surface area contributed by atoms with Gasteiger partial charge in [-0.1, -0.05) is 6.92 Å². The third-order valence-electron chi connectivity index (χ3n) is 2.01. The van der Waals surface area contributed by atoms with E-state index in [0.717, 1.165) is 12.5 Å². The summed E-state index contributed by atoms with van der Waals surface area (Å²) in [4.78, 5) is 20.8. The van der Waals surface area contributed by atoms with Crippen molar-refractivity contribution in [2.45, 2.75) is 13.3 Å². The molecule has 0 saturated carbocycles. The summed E-state index contributed by atoms with van der Waals surface area (Å²) in [7, 11) is 0. The van der Waals surface area contributed by atoms with Crippen molar-refractivity contribution in [2.75, 3.05) is 11.9 Å². The minimum absolute atomic E-state index is 0.0809. The Morgan fingerprint density at radius 1 is 1.56 bits per heavy atom. The number of aromatic carboxylic acids is 1. The van der Waals surface area contributed by atoms with Crippen LogP contribution in [0.2, 0.25) is 0 Å². The lowest BCUT2D eigenvalue weighted by atomic mass is 10.1. The van der Waals surface area contributed by atoms with E-state index in [9.17, 15) is 14.9 Å². The molecule has 6 heteroatoms. The second-order valence-corrected chi connectivity index (χ2v) is 3.22. The largest absolute Gasteiger partial charge is 0.478 e. The number of nitro groups is 1. The molecule has 0 amide bonds. The van der Waals surface area contributed by atoms with Gasteiger partial charge in [-0.05, 0) is 12.5 Å². The zero-order chi connectivity index (χ0) is 12.1. The van der Waals surface area contributed by atoms with Crippen LogP contribution < -0.4 is 5.32 Å². The summed E-state index contributed by atoms with van der Waals surface area (Å²) in [5.74, 6) is -1.18. The molecule has 0 spiro atoms. The van der Waals surface area contributed by atoms with E-state index in [0.29, 0.717) is 12.2 Å². The Balaban J connectivity index is 3.09. The number of hydrogen-bond donors (Lipinski definition) is 2. The second kappa shape index (κ2) is 5.11. The third kappa shape index (κ3) is 2.69. The number of nitro benzene ring substituents is 1. The van der Waals surface area contributed by atoms with E-state index in [1.165, 1.54) is 12.1 Å². The van der Waals surface area contributed by atoms with Crippen LogP contribution in [0.15, 0.2) is 18.2 Å². The van der Waals surface area contributed by atoms with Gasteiger partial charge in [0.25, 0.3) is 5.69 Å². The first-order valence-electron chi connectivity index (χ1n) is 4.82. The first-order valence-corrected chi connectivity index (χ1v) is 4.82. The number of nitrogens with one attached hydrogen (secondary N) is 1. The van der Waals surface area contributed by atoms with Crippen LogP contribution in [0.4, 0.5) is 11.4 Å². The second-order valence-electron chi connectivity index (χ2n) is 3.22. The average molecular weight is 224 g/mol. The van der Waals surface area contributed by atoms with Crippen molar-refractivity contribution in [3.8, 4) is 0 Å². The molecule has 1 aromatic carbocycles. The lowest BCUT2D eigenvalue weighted by molar-refractivity contribution is -0.384. The maximum absolute atomic E-state index is 10.9. The molecular formula is C10H12N2O4. The van der Waals surface area contributed by atoms with Crippen molar-refractivity contribution in [3.05, 3.63) is 33.9 Å². The monoisotopic (exact) mass is 224 g/mol. The van der Waals surface area contributed by atoms with E-state index in [1.54, 1.807) is 0 Å². The summed E-state index contributed by atoms with van der Waals surface area (Å²) >= 11 is 0. The first kappa shape index (κ1) is 12.0. The van der Waals surface area contributed by atoms with Crippen LogP contribution in [0.25, 0.3) is 0 Å². The highest BCUT2D eigenvalue weighted by atomic mass is 16.6.